The molecule has 34 heavy (non-hydrogen) atoms. The highest BCUT2D eigenvalue weighted by atomic mass is 35.5. The Labute approximate surface area is 201 Å². The molecule has 8 heteroatoms. The van der Waals surface area contributed by atoms with Gasteiger partial charge in [0.2, 0.25) is 5.82 Å². The molecule has 2 heterocycles. The minimum atomic E-state index is -0.580. The van der Waals surface area contributed by atoms with Crippen molar-refractivity contribution in [2.45, 2.75) is 6.54 Å². The van der Waals surface area contributed by atoms with Crippen LogP contribution in [0.1, 0.15) is 15.9 Å². The molecule has 1 amide bonds. The average Bonchev–Trinajstić information content (AvgIpc) is 3.37. The van der Waals surface area contributed by atoms with Crippen LogP contribution in [-0.2, 0) is 6.54 Å². The fraction of sp³-hybridized carbons (Fsp3) is 0.192. The second-order valence-electron chi connectivity index (χ2n) is 8.19. The maximum Gasteiger partial charge on any atom is 0.258 e. The van der Waals surface area contributed by atoms with Crippen LogP contribution in [0.25, 0.3) is 22.8 Å². The lowest BCUT2D eigenvalue weighted by molar-refractivity contribution is 0.0628. The van der Waals surface area contributed by atoms with E-state index in [9.17, 15) is 9.18 Å². The van der Waals surface area contributed by atoms with Crippen LogP contribution in [0.4, 0.5) is 4.39 Å². The molecule has 0 bridgehead atoms. The molecule has 1 aromatic heterocycles. The van der Waals surface area contributed by atoms with Crippen molar-refractivity contribution >= 4 is 17.5 Å². The van der Waals surface area contributed by atoms with Gasteiger partial charge in [0.25, 0.3) is 11.8 Å². The standard InChI is InChI=1S/C26H22ClFN4O2/c27-22-10-9-21(16-23(22)28)26(33)32-13-11-31(12-14-32)17-18-5-4-8-20(15-18)24-29-25(34-30-24)19-6-2-1-3-7-19/h1-10,15-16H,11-14,17H2. The Kier molecular flexibility index (Phi) is 6.38. The van der Waals surface area contributed by atoms with Crippen LogP contribution in [-0.4, -0.2) is 52.0 Å². The number of carbonyl (C=O) groups is 1. The van der Waals surface area contributed by atoms with Gasteiger partial charge in [-0.05, 0) is 42.0 Å². The van der Waals surface area contributed by atoms with Gasteiger partial charge in [-0.3, -0.25) is 9.69 Å². The molecule has 172 valence electrons. The lowest BCUT2D eigenvalue weighted by Gasteiger charge is -2.34. The van der Waals surface area contributed by atoms with E-state index in [0.717, 1.165) is 36.3 Å². The number of carbonyl (C=O) groups excluding carboxylic acids is 1. The Bertz CT molecular complexity index is 1300. The van der Waals surface area contributed by atoms with Crippen LogP contribution in [0.3, 0.4) is 0 Å². The maximum absolute atomic E-state index is 13.7. The summed E-state index contributed by atoms with van der Waals surface area (Å²) in [6.45, 7) is 3.36. The molecule has 1 saturated heterocycles. The SMILES string of the molecule is O=C(c1ccc(Cl)c(F)c1)N1CCN(Cc2cccc(-c3noc(-c4ccccc4)n3)c2)CC1. The zero-order valence-corrected chi connectivity index (χ0v) is 19.1. The summed E-state index contributed by atoms with van der Waals surface area (Å²) in [5.74, 6) is 0.278. The molecular weight excluding hydrogens is 455 g/mol. The number of halogens is 2. The number of amides is 1. The van der Waals surface area contributed by atoms with Gasteiger partial charge in [0.1, 0.15) is 5.82 Å². The number of aromatic nitrogens is 2. The zero-order chi connectivity index (χ0) is 23.5. The van der Waals surface area contributed by atoms with Crippen LogP contribution in [0.2, 0.25) is 5.02 Å². The third-order valence-electron chi connectivity index (χ3n) is 5.86. The number of hydrogen-bond acceptors (Lipinski definition) is 5. The molecule has 1 aliphatic rings. The van der Waals surface area contributed by atoms with E-state index >= 15 is 0 Å². The largest absolute Gasteiger partial charge is 0.336 e. The van der Waals surface area contributed by atoms with Crippen molar-refractivity contribution in [1.29, 1.82) is 0 Å². The van der Waals surface area contributed by atoms with Gasteiger partial charge in [0, 0.05) is 49.4 Å². The van der Waals surface area contributed by atoms with Crippen molar-refractivity contribution < 1.29 is 13.7 Å². The van der Waals surface area contributed by atoms with E-state index in [2.05, 4.69) is 27.2 Å². The fourth-order valence-corrected chi connectivity index (χ4v) is 4.14. The predicted molar refractivity (Wildman–Crippen MR) is 128 cm³/mol. The Morgan fingerprint density at radius 3 is 2.47 bits per heavy atom. The van der Waals surface area contributed by atoms with Gasteiger partial charge in [-0.25, -0.2) is 4.39 Å². The van der Waals surface area contributed by atoms with Gasteiger partial charge in [-0.15, -0.1) is 0 Å². The molecule has 1 aliphatic heterocycles. The first-order valence-electron chi connectivity index (χ1n) is 11.0. The van der Waals surface area contributed by atoms with E-state index in [1.807, 2.05) is 42.5 Å². The number of piperazine rings is 1. The summed E-state index contributed by atoms with van der Waals surface area (Å²) in [5.41, 5.74) is 3.22. The van der Waals surface area contributed by atoms with Crippen molar-refractivity contribution in [2.75, 3.05) is 26.2 Å². The van der Waals surface area contributed by atoms with Gasteiger partial charge in [0.05, 0.1) is 5.02 Å². The van der Waals surface area contributed by atoms with Gasteiger partial charge in [0.15, 0.2) is 0 Å². The quantitative estimate of drug-likeness (QED) is 0.398. The number of rotatable bonds is 5. The van der Waals surface area contributed by atoms with Gasteiger partial charge in [-0.2, -0.15) is 4.98 Å². The van der Waals surface area contributed by atoms with Crippen molar-refractivity contribution in [2.24, 2.45) is 0 Å². The van der Waals surface area contributed by atoms with E-state index in [0.29, 0.717) is 30.4 Å². The molecular formula is C26H22ClFN4O2. The first kappa shape index (κ1) is 22.3. The molecule has 0 aliphatic carbocycles. The van der Waals surface area contributed by atoms with Crippen LogP contribution >= 0.6 is 11.6 Å². The van der Waals surface area contributed by atoms with Crippen molar-refractivity contribution in [3.05, 3.63) is 94.8 Å². The highest BCUT2D eigenvalue weighted by molar-refractivity contribution is 6.30. The third-order valence-corrected chi connectivity index (χ3v) is 6.17. The molecule has 0 radical (unpaired) electrons. The van der Waals surface area contributed by atoms with Crippen LogP contribution in [0.5, 0.6) is 0 Å². The number of hydrogen-bond donors (Lipinski definition) is 0. The topological polar surface area (TPSA) is 62.5 Å². The van der Waals surface area contributed by atoms with Crippen LogP contribution < -0.4 is 0 Å². The molecule has 0 unspecified atom stereocenters. The predicted octanol–water partition coefficient (Wildman–Crippen LogP) is 5.15. The lowest BCUT2D eigenvalue weighted by Crippen LogP contribution is -2.48. The highest BCUT2D eigenvalue weighted by Crippen LogP contribution is 2.23. The molecule has 1 fully saturated rings. The molecule has 5 rings (SSSR count). The summed E-state index contributed by atoms with van der Waals surface area (Å²) in [6, 6.07) is 21.9. The van der Waals surface area contributed by atoms with E-state index in [1.165, 1.54) is 12.1 Å². The molecule has 3 aromatic carbocycles. The van der Waals surface area contributed by atoms with Gasteiger partial charge >= 0.3 is 0 Å². The molecule has 0 atom stereocenters. The molecule has 0 spiro atoms. The summed E-state index contributed by atoms with van der Waals surface area (Å²) >= 11 is 5.73. The minimum absolute atomic E-state index is 0.0145. The smallest absolute Gasteiger partial charge is 0.258 e. The van der Waals surface area contributed by atoms with Crippen molar-refractivity contribution in [1.82, 2.24) is 19.9 Å². The normalized spacial score (nSPS) is 14.4. The van der Waals surface area contributed by atoms with Gasteiger partial charge in [-0.1, -0.05) is 53.2 Å². The summed E-state index contributed by atoms with van der Waals surface area (Å²) in [6.07, 6.45) is 0. The highest BCUT2D eigenvalue weighted by Gasteiger charge is 2.23. The summed E-state index contributed by atoms with van der Waals surface area (Å²) in [5, 5.41) is 4.16. The zero-order valence-electron chi connectivity index (χ0n) is 18.3. The lowest BCUT2D eigenvalue weighted by atomic mass is 10.1. The Hall–Kier alpha value is -3.55. The molecule has 0 saturated carbocycles. The first-order valence-corrected chi connectivity index (χ1v) is 11.4. The summed E-state index contributed by atoms with van der Waals surface area (Å²) < 4.78 is 19.2. The number of benzene rings is 3. The van der Waals surface area contributed by atoms with Crippen molar-refractivity contribution in [3.63, 3.8) is 0 Å². The van der Waals surface area contributed by atoms with Gasteiger partial charge < -0.3 is 9.42 Å². The van der Waals surface area contributed by atoms with E-state index in [4.69, 9.17) is 16.1 Å². The second kappa shape index (κ2) is 9.75. The molecule has 0 N–H and O–H groups in total. The second-order valence-corrected chi connectivity index (χ2v) is 8.59. The van der Waals surface area contributed by atoms with Crippen molar-refractivity contribution in [3.8, 4) is 22.8 Å². The van der Waals surface area contributed by atoms with Crippen LogP contribution in [0, 0.1) is 5.82 Å². The Morgan fingerprint density at radius 2 is 1.71 bits per heavy atom. The monoisotopic (exact) mass is 476 g/mol. The Balaban J connectivity index is 1.21. The number of nitrogens with zero attached hydrogens (tertiary/aromatic N) is 4. The molecule has 6 nitrogen and oxygen atoms in total. The minimum Gasteiger partial charge on any atom is -0.336 e. The average molecular weight is 477 g/mol. The fourth-order valence-electron chi connectivity index (χ4n) is 4.03. The first-order chi connectivity index (χ1) is 16.6. The van der Waals surface area contributed by atoms with E-state index < -0.39 is 5.82 Å². The maximum atomic E-state index is 13.7. The summed E-state index contributed by atoms with van der Waals surface area (Å²) in [7, 11) is 0. The molecule has 4 aromatic rings. The Morgan fingerprint density at radius 1 is 0.941 bits per heavy atom. The van der Waals surface area contributed by atoms with E-state index in [1.54, 1.807) is 11.0 Å². The third kappa shape index (κ3) is 4.85. The van der Waals surface area contributed by atoms with E-state index in [-0.39, 0.29) is 10.9 Å². The summed E-state index contributed by atoms with van der Waals surface area (Å²) in [4.78, 5) is 21.3. The van der Waals surface area contributed by atoms with Crippen LogP contribution in [0.15, 0.2) is 77.3 Å².